The van der Waals surface area contributed by atoms with Crippen molar-refractivity contribution in [2.75, 3.05) is 6.61 Å². The maximum atomic E-state index is 13.7. The van der Waals surface area contributed by atoms with Crippen LogP contribution in [-0.4, -0.2) is 12.5 Å². The van der Waals surface area contributed by atoms with E-state index in [4.69, 9.17) is 10.00 Å². The Morgan fingerprint density at radius 2 is 2.14 bits per heavy atom. The fourth-order valence-corrected chi connectivity index (χ4v) is 1.94. The molecule has 1 amide bonds. The third-order valence-electron chi connectivity index (χ3n) is 3.00. The van der Waals surface area contributed by atoms with Crippen LogP contribution in [-0.2, 0) is 6.54 Å². The average molecular weight is 298 g/mol. The first-order valence-corrected chi connectivity index (χ1v) is 6.83. The van der Waals surface area contributed by atoms with E-state index in [-0.39, 0.29) is 18.2 Å². The fourth-order valence-electron chi connectivity index (χ4n) is 1.94. The number of hydrogen-bond acceptors (Lipinski definition) is 3. The maximum absolute atomic E-state index is 13.7. The van der Waals surface area contributed by atoms with Crippen LogP contribution in [0.4, 0.5) is 4.39 Å². The Morgan fingerprint density at radius 3 is 2.82 bits per heavy atom. The second-order valence-electron chi connectivity index (χ2n) is 4.57. The lowest BCUT2D eigenvalue weighted by molar-refractivity contribution is 0.0951. The molecule has 22 heavy (non-hydrogen) atoms. The van der Waals surface area contributed by atoms with Gasteiger partial charge >= 0.3 is 0 Å². The Hall–Kier alpha value is -2.87. The van der Waals surface area contributed by atoms with Gasteiger partial charge in [-0.05, 0) is 42.8 Å². The highest BCUT2D eigenvalue weighted by Crippen LogP contribution is 2.18. The third kappa shape index (κ3) is 3.83. The van der Waals surface area contributed by atoms with Crippen LogP contribution in [0.2, 0.25) is 0 Å². The summed E-state index contributed by atoms with van der Waals surface area (Å²) in [5.41, 5.74) is 1.44. The first-order chi connectivity index (χ1) is 10.6. The summed E-state index contributed by atoms with van der Waals surface area (Å²) in [7, 11) is 0. The smallest absolute Gasteiger partial charge is 0.251 e. The minimum Gasteiger partial charge on any atom is -0.491 e. The van der Waals surface area contributed by atoms with E-state index in [1.54, 1.807) is 31.2 Å². The molecule has 5 heteroatoms. The lowest BCUT2D eigenvalue weighted by atomic mass is 10.1. The van der Waals surface area contributed by atoms with Crippen LogP contribution < -0.4 is 10.1 Å². The van der Waals surface area contributed by atoms with Gasteiger partial charge < -0.3 is 10.1 Å². The van der Waals surface area contributed by atoms with Crippen molar-refractivity contribution in [3.63, 3.8) is 0 Å². The van der Waals surface area contributed by atoms with Crippen molar-refractivity contribution in [3.05, 3.63) is 65.0 Å². The topological polar surface area (TPSA) is 62.1 Å². The van der Waals surface area contributed by atoms with Crippen LogP contribution in [0.3, 0.4) is 0 Å². The number of benzene rings is 2. The van der Waals surface area contributed by atoms with Crippen molar-refractivity contribution in [1.82, 2.24) is 5.32 Å². The van der Waals surface area contributed by atoms with E-state index in [1.807, 2.05) is 6.07 Å². The van der Waals surface area contributed by atoms with E-state index >= 15 is 0 Å². The molecule has 0 unspecified atom stereocenters. The molecule has 0 bridgehead atoms. The van der Waals surface area contributed by atoms with Crippen molar-refractivity contribution in [1.29, 1.82) is 5.26 Å². The van der Waals surface area contributed by atoms with Crippen LogP contribution >= 0.6 is 0 Å². The highest BCUT2D eigenvalue weighted by molar-refractivity contribution is 5.94. The van der Waals surface area contributed by atoms with E-state index in [9.17, 15) is 9.18 Å². The summed E-state index contributed by atoms with van der Waals surface area (Å²) in [5, 5.41) is 11.5. The van der Waals surface area contributed by atoms with Gasteiger partial charge in [-0.15, -0.1) is 0 Å². The van der Waals surface area contributed by atoms with Gasteiger partial charge in [-0.3, -0.25) is 4.79 Å². The summed E-state index contributed by atoms with van der Waals surface area (Å²) in [4.78, 5) is 12.0. The summed E-state index contributed by atoms with van der Waals surface area (Å²) >= 11 is 0. The summed E-state index contributed by atoms with van der Waals surface area (Å²) in [5.74, 6) is -0.578. The predicted molar refractivity (Wildman–Crippen MR) is 79.9 cm³/mol. The first-order valence-electron chi connectivity index (χ1n) is 6.83. The number of carbonyl (C=O) groups is 1. The summed E-state index contributed by atoms with van der Waals surface area (Å²) in [6, 6.07) is 12.9. The van der Waals surface area contributed by atoms with Gasteiger partial charge in [-0.2, -0.15) is 5.26 Å². The van der Waals surface area contributed by atoms with Gasteiger partial charge in [0.05, 0.1) is 18.2 Å². The number of amides is 1. The number of hydrogen-bond donors (Lipinski definition) is 1. The Labute approximate surface area is 128 Å². The van der Waals surface area contributed by atoms with Gasteiger partial charge in [0.2, 0.25) is 0 Å². The minimum absolute atomic E-state index is 0.193. The van der Waals surface area contributed by atoms with E-state index in [0.717, 1.165) is 0 Å². The highest BCUT2D eigenvalue weighted by Gasteiger charge is 2.08. The molecule has 0 radical (unpaired) electrons. The van der Waals surface area contributed by atoms with E-state index in [0.29, 0.717) is 23.3 Å². The molecule has 0 spiro atoms. The van der Waals surface area contributed by atoms with Crippen LogP contribution in [0.5, 0.6) is 5.75 Å². The normalized spacial score (nSPS) is 9.86. The van der Waals surface area contributed by atoms with Gasteiger partial charge in [0.15, 0.2) is 11.6 Å². The molecular formula is C17H15FN2O2. The monoisotopic (exact) mass is 298 g/mol. The van der Waals surface area contributed by atoms with Crippen molar-refractivity contribution >= 4 is 5.91 Å². The number of nitrogens with one attached hydrogen (secondary N) is 1. The molecule has 2 rings (SSSR count). The standard InChI is InChI=1S/C17H15FN2O2/c1-2-22-16-7-6-13(9-15(16)18)11-20-17(21)14-5-3-4-12(8-14)10-19/h3-9H,2,11H2,1H3,(H,20,21). The predicted octanol–water partition coefficient (Wildman–Crippen LogP) is 3.03. The molecule has 0 atom stereocenters. The molecule has 2 aromatic rings. The minimum atomic E-state index is -0.458. The van der Waals surface area contributed by atoms with Crippen molar-refractivity contribution in [2.24, 2.45) is 0 Å². The second kappa shape index (κ2) is 7.23. The summed E-state index contributed by atoms with van der Waals surface area (Å²) in [6.07, 6.45) is 0. The molecule has 0 aliphatic carbocycles. The molecule has 0 saturated heterocycles. The molecule has 1 N–H and O–H groups in total. The highest BCUT2D eigenvalue weighted by atomic mass is 19.1. The van der Waals surface area contributed by atoms with E-state index in [1.165, 1.54) is 18.2 Å². The molecular weight excluding hydrogens is 283 g/mol. The number of carbonyl (C=O) groups excluding carboxylic acids is 1. The second-order valence-corrected chi connectivity index (χ2v) is 4.57. The Bertz CT molecular complexity index is 723. The Balaban J connectivity index is 2.02. The number of nitrogens with zero attached hydrogens (tertiary/aromatic N) is 1. The molecule has 4 nitrogen and oxygen atoms in total. The molecule has 112 valence electrons. The molecule has 0 fully saturated rings. The zero-order valence-electron chi connectivity index (χ0n) is 12.1. The molecule has 0 saturated carbocycles. The van der Waals surface area contributed by atoms with Gasteiger partial charge in [0.1, 0.15) is 0 Å². The SMILES string of the molecule is CCOc1ccc(CNC(=O)c2cccc(C#N)c2)cc1F. The van der Waals surface area contributed by atoms with Crippen molar-refractivity contribution in [3.8, 4) is 11.8 Å². The van der Waals surface area contributed by atoms with Crippen molar-refractivity contribution in [2.45, 2.75) is 13.5 Å². The van der Waals surface area contributed by atoms with Crippen LogP contribution in [0.1, 0.15) is 28.4 Å². The van der Waals surface area contributed by atoms with Crippen LogP contribution in [0.25, 0.3) is 0 Å². The molecule has 0 aromatic heterocycles. The number of rotatable bonds is 5. The molecule has 2 aromatic carbocycles. The van der Waals surface area contributed by atoms with Crippen molar-refractivity contribution < 1.29 is 13.9 Å². The van der Waals surface area contributed by atoms with Gasteiger partial charge in [-0.25, -0.2) is 4.39 Å². The van der Waals surface area contributed by atoms with Crippen LogP contribution in [0.15, 0.2) is 42.5 Å². The molecule has 0 aliphatic rings. The van der Waals surface area contributed by atoms with Gasteiger partial charge in [-0.1, -0.05) is 12.1 Å². The quantitative estimate of drug-likeness (QED) is 0.923. The number of halogens is 1. The zero-order valence-corrected chi connectivity index (χ0v) is 12.1. The molecule has 0 heterocycles. The Morgan fingerprint density at radius 1 is 1.32 bits per heavy atom. The van der Waals surface area contributed by atoms with Gasteiger partial charge in [0.25, 0.3) is 5.91 Å². The first kappa shape index (κ1) is 15.5. The van der Waals surface area contributed by atoms with Crippen LogP contribution in [0, 0.1) is 17.1 Å². The Kier molecular flexibility index (Phi) is 5.10. The van der Waals surface area contributed by atoms with E-state index in [2.05, 4.69) is 5.32 Å². The zero-order chi connectivity index (χ0) is 15.9. The lowest BCUT2D eigenvalue weighted by Crippen LogP contribution is -2.22. The fraction of sp³-hybridized carbons (Fsp3) is 0.176. The van der Waals surface area contributed by atoms with Gasteiger partial charge in [0, 0.05) is 12.1 Å². The largest absolute Gasteiger partial charge is 0.491 e. The number of ether oxygens (including phenoxy) is 1. The average Bonchev–Trinajstić information content (AvgIpc) is 2.55. The molecule has 0 aliphatic heterocycles. The third-order valence-corrected chi connectivity index (χ3v) is 3.00. The van der Waals surface area contributed by atoms with E-state index < -0.39 is 5.82 Å². The summed E-state index contributed by atoms with van der Waals surface area (Å²) in [6.45, 7) is 2.37. The summed E-state index contributed by atoms with van der Waals surface area (Å²) < 4.78 is 18.8. The lowest BCUT2D eigenvalue weighted by Gasteiger charge is -2.08. The maximum Gasteiger partial charge on any atom is 0.251 e. The number of nitriles is 1.